The van der Waals surface area contributed by atoms with Gasteiger partial charge in [-0.2, -0.15) is 0 Å². The lowest BCUT2D eigenvalue weighted by molar-refractivity contribution is -0.118. The minimum absolute atomic E-state index is 0.140. The van der Waals surface area contributed by atoms with Crippen LogP contribution in [0.1, 0.15) is 18.7 Å². The molecule has 0 spiro atoms. The average Bonchev–Trinajstić information content (AvgIpc) is 3.13. The first kappa shape index (κ1) is 17.2. The van der Waals surface area contributed by atoms with E-state index in [0.29, 0.717) is 11.4 Å². The van der Waals surface area contributed by atoms with Crippen molar-refractivity contribution in [2.45, 2.75) is 25.8 Å². The summed E-state index contributed by atoms with van der Waals surface area (Å²) in [4.78, 5) is 12.0. The summed E-state index contributed by atoms with van der Waals surface area (Å²) in [5.74, 6) is 1.76. The number of hydrogen-bond donors (Lipinski definition) is 1. The van der Waals surface area contributed by atoms with Gasteiger partial charge in [-0.1, -0.05) is 12.1 Å². The highest BCUT2D eigenvalue weighted by Crippen LogP contribution is 2.25. The average molecular weight is 366 g/mol. The van der Waals surface area contributed by atoms with Crippen LogP contribution in [-0.2, 0) is 17.8 Å². The summed E-state index contributed by atoms with van der Waals surface area (Å²) in [6, 6.07) is 13.1. The lowest BCUT2D eigenvalue weighted by Crippen LogP contribution is -2.20. The molecule has 0 aliphatic carbocycles. The number of carbonyl (C=O) groups is 1. The highest BCUT2D eigenvalue weighted by Gasteiger charge is 2.17. The lowest BCUT2D eigenvalue weighted by Gasteiger charge is -2.15. The number of aryl methyl sites for hydroxylation is 1. The van der Waals surface area contributed by atoms with Gasteiger partial charge in [0.25, 0.3) is 5.91 Å². The molecule has 0 fully saturated rings. The maximum atomic E-state index is 12.9. The van der Waals surface area contributed by atoms with Crippen molar-refractivity contribution in [3.8, 4) is 17.1 Å². The molecule has 0 unspecified atom stereocenters. The van der Waals surface area contributed by atoms with Crippen molar-refractivity contribution in [3.05, 3.63) is 60.2 Å². The van der Waals surface area contributed by atoms with Crippen molar-refractivity contribution >= 4 is 11.6 Å². The highest BCUT2D eigenvalue weighted by atomic mass is 19.1. The van der Waals surface area contributed by atoms with Crippen LogP contribution in [0, 0.1) is 5.82 Å². The summed E-state index contributed by atoms with van der Waals surface area (Å²) in [7, 11) is 0. The first-order valence-electron chi connectivity index (χ1n) is 8.90. The van der Waals surface area contributed by atoms with Crippen LogP contribution < -0.4 is 10.1 Å². The van der Waals surface area contributed by atoms with E-state index in [-0.39, 0.29) is 18.3 Å². The second-order valence-electron chi connectivity index (χ2n) is 6.42. The van der Waals surface area contributed by atoms with Gasteiger partial charge < -0.3 is 14.6 Å². The molecule has 1 amide bonds. The first-order valence-corrected chi connectivity index (χ1v) is 8.90. The molecular weight excluding hydrogens is 347 g/mol. The van der Waals surface area contributed by atoms with E-state index in [9.17, 15) is 9.18 Å². The predicted molar refractivity (Wildman–Crippen MR) is 98.9 cm³/mol. The summed E-state index contributed by atoms with van der Waals surface area (Å²) in [5, 5.41) is 11.3. The van der Waals surface area contributed by atoms with Crippen LogP contribution in [0.5, 0.6) is 5.75 Å². The second-order valence-corrected chi connectivity index (χ2v) is 6.42. The standard InChI is InChI=1S/C20H19FN4O2/c21-15-7-9-16(10-8-15)22-19(26)13-27-17-5-3-4-14(12-17)20-24-23-18-6-1-2-11-25(18)20/h3-5,7-10,12H,1-2,6,11,13H2,(H,22,26). The Morgan fingerprint density at radius 2 is 2.00 bits per heavy atom. The predicted octanol–water partition coefficient (Wildman–Crippen LogP) is 3.44. The molecule has 6 nitrogen and oxygen atoms in total. The third-order valence-electron chi connectivity index (χ3n) is 4.45. The van der Waals surface area contributed by atoms with Crippen LogP contribution in [-0.4, -0.2) is 27.3 Å². The zero-order chi connectivity index (χ0) is 18.6. The molecule has 0 saturated carbocycles. The maximum Gasteiger partial charge on any atom is 0.262 e. The number of nitrogens with one attached hydrogen (secondary N) is 1. The first-order chi connectivity index (χ1) is 13.2. The summed E-state index contributed by atoms with van der Waals surface area (Å²) in [6.45, 7) is 0.779. The largest absolute Gasteiger partial charge is 0.484 e. The number of amides is 1. The van der Waals surface area contributed by atoms with Crippen LogP contribution >= 0.6 is 0 Å². The number of nitrogens with zero attached hydrogens (tertiary/aromatic N) is 3. The van der Waals surface area contributed by atoms with Gasteiger partial charge in [0, 0.05) is 24.2 Å². The SMILES string of the molecule is O=C(COc1cccc(-c2nnc3n2CCCC3)c1)Nc1ccc(F)cc1. The van der Waals surface area contributed by atoms with Crippen molar-refractivity contribution in [3.63, 3.8) is 0 Å². The minimum Gasteiger partial charge on any atom is -0.484 e. The number of hydrogen-bond acceptors (Lipinski definition) is 4. The molecule has 3 aromatic rings. The van der Waals surface area contributed by atoms with Crippen LogP contribution in [0.15, 0.2) is 48.5 Å². The molecule has 0 radical (unpaired) electrons. The van der Waals surface area contributed by atoms with E-state index in [1.54, 1.807) is 6.07 Å². The summed E-state index contributed by atoms with van der Waals surface area (Å²) in [5.41, 5.74) is 1.43. The fourth-order valence-corrected chi connectivity index (χ4v) is 3.13. The Kier molecular flexibility index (Phi) is 4.82. The molecule has 27 heavy (non-hydrogen) atoms. The molecule has 2 aromatic carbocycles. The monoisotopic (exact) mass is 366 g/mol. The Bertz CT molecular complexity index is 953. The van der Waals surface area contributed by atoms with Crippen molar-refractivity contribution in [2.75, 3.05) is 11.9 Å². The van der Waals surface area contributed by atoms with Gasteiger partial charge in [-0.15, -0.1) is 10.2 Å². The smallest absolute Gasteiger partial charge is 0.262 e. The Morgan fingerprint density at radius 1 is 1.15 bits per heavy atom. The Balaban J connectivity index is 1.41. The fraction of sp³-hybridized carbons (Fsp3) is 0.250. The van der Waals surface area contributed by atoms with Gasteiger partial charge in [0.2, 0.25) is 0 Å². The molecule has 0 atom stereocenters. The van der Waals surface area contributed by atoms with Crippen molar-refractivity contribution < 1.29 is 13.9 Å². The number of fused-ring (bicyclic) bond motifs is 1. The normalized spacial score (nSPS) is 13.1. The topological polar surface area (TPSA) is 69.0 Å². The lowest BCUT2D eigenvalue weighted by atomic mass is 10.1. The molecule has 7 heteroatoms. The fourth-order valence-electron chi connectivity index (χ4n) is 3.13. The van der Waals surface area contributed by atoms with E-state index < -0.39 is 0 Å². The van der Waals surface area contributed by atoms with Crippen LogP contribution in [0.2, 0.25) is 0 Å². The second kappa shape index (κ2) is 7.57. The summed E-state index contributed by atoms with van der Waals surface area (Å²) < 4.78 is 20.7. The van der Waals surface area contributed by atoms with Crippen LogP contribution in [0.25, 0.3) is 11.4 Å². The van der Waals surface area contributed by atoms with Crippen molar-refractivity contribution in [2.24, 2.45) is 0 Å². The van der Waals surface area contributed by atoms with Crippen LogP contribution in [0.3, 0.4) is 0 Å². The quantitative estimate of drug-likeness (QED) is 0.751. The molecule has 1 N–H and O–H groups in total. The van der Waals surface area contributed by atoms with E-state index in [1.807, 2.05) is 18.2 Å². The van der Waals surface area contributed by atoms with Gasteiger partial charge in [-0.3, -0.25) is 4.79 Å². The number of benzene rings is 2. The Labute approximate surface area is 156 Å². The molecule has 1 aromatic heterocycles. The van der Waals surface area contributed by atoms with Gasteiger partial charge in [0.05, 0.1) is 0 Å². The number of ether oxygens (including phenoxy) is 1. The van der Waals surface area contributed by atoms with E-state index >= 15 is 0 Å². The van der Waals surface area contributed by atoms with Crippen LogP contribution in [0.4, 0.5) is 10.1 Å². The van der Waals surface area contributed by atoms with E-state index in [4.69, 9.17) is 4.74 Å². The molecule has 2 heterocycles. The highest BCUT2D eigenvalue weighted by molar-refractivity contribution is 5.91. The van der Waals surface area contributed by atoms with Gasteiger partial charge >= 0.3 is 0 Å². The van der Waals surface area contributed by atoms with E-state index in [0.717, 1.165) is 43.0 Å². The molecule has 4 rings (SSSR count). The van der Waals surface area contributed by atoms with Gasteiger partial charge in [0.15, 0.2) is 12.4 Å². The molecule has 0 saturated heterocycles. The minimum atomic E-state index is -0.350. The summed E-state index contributed by atoms with van der Waals surface area (Å²) in [6.07, 6.45) is 3.22. The number of rotatable bonds is 5. The molecule has 1 aliphatic rings. The van der Waals surface area contributed by atoms with Gasteiger partial charge in [0.1, 0.15) is 17.4 Å². The van der Waals surface area contributed by atoms with Gasteiger partial charge in [-0.05, 0) is 49.2 Å². The number of anilines is 1. The molecular formula is C20H19FN4O2. The third-order valence-corrected chi connectivity index (χ3v) is 4.45. The summed E-state index contributed by atoms with van der Waals surface area (Å²) >= 11 is 0. The van der Waals surface area contributed by atoms with Crippen molar-refractivity contribution in [1.29, 1.82) is 0 Å². The number of carbonyl (C=O) groups excluding carboxylic acids is 1. The Morgan fingerprint density at radius 3 is 2.85 bits per heavy atom. The maximum absolute atomic E-state index is 12.9. The molecule has 1 aliphatic heterocycles. The molecule has 138 valence electrons. The number of aromatic nitrogens is 3. The molecule has 0 bridgehead atoms. The van der Waals surface area contributed by atoms with E-state index in [1.165, 1.54) is 24.3 Å². The number of halogens is 1. The zero-order valence-electron chi connectivity index (χ0n) is 14.7. The van der Waals surface area contributed by atoms with E-state index in [2.05, 4.69) is 20.1 Å². The Hall–Kier alpha value is -3.22. The third kappa shape index (κ3) is 3.97. The van der Waals surface area contributed by atoms with Crippen molar-refractivity contribution in [1.82, 2.24) is 14.8 Å². The van der Waals surface area contributed by atoms with Gasteiger partial charge in [-0.25, -0.2) is 4.39 Å². The zero-order valence-corrected chi connectivity index (χ0v) is 14.7.